The molecule has 21 heavy (non-hydrogen) atoms. The summed E-state index contributed by atoms with van der Waals surface area (Å²) in [4.78, 5) is 0.216. The van der Waals surface area contributed by atoms with Crippen molar-refractivity contribution < 1.29 is 13.5 Å². The molecule has 0 fully saturated rings. The van der Waals surface area contributed by atoms with Crippen molar-refractivity contribution in [2.24, 2.45) is 0 Å². The smallest absolute Gasteiger partial charge is 0.261 e. The molecule has 1 radical (unpaired) electrons. The summed E-state index contributed by atoms with van der Waals surface area (Å²) in [6.45, 7) is 1.59. The van der Waals surface area contributed by atoms with Gasteiger partial charge in [0.05, 0.1) is 4.90 Å². The SMILES string of the molecule is Cc1ccc(S(=O)(=O)Nc2cccc(/C=C/C[O])c2)cc1. The molecule has 0 atom stereocenters. The van der Waals surface area contributed by atoms with E-state index in [2.05, 4.69) is 4.72 Å². The molecule has 4 nitrogen and oxygen atoms in total. The van der Waals surface area contributed by atoms with E-state index in [1.165, 1.54) is 6.08 Å². The summed E-state index contributed by atoms with van der Waals surface area (Å²) in [7, 11) is -3.60. The molecule has 0 aliphatic heterocycles. The second kappa shape index (κ2) is 6.56. The highest BCUT2D eigenvalue weighted by Gasteiger charge is 2.13. The Morgan fingerprint density at radius 3 is 2.48 bits per heavy atom. The third-order valence-electron chi connectivity index (χ3n) is 2.88. The summed E-state index contributed by atoms with van der Waals surface area (Å²) < 4.78 is 27.0. The van der Waals surface area contributed by atoms with E-state index in [-0.39, 0.29) is 11.5 Å². The Hall–Kier alpha value is -2.11. The summed E-state index contributed by atoms with van der Waals surface area (Å²) in [5.41, 5.74) is 2.23. The lowest BCUT2D eigenvalue weighted by Gasteiger charge is -2.09. The van der Waals surface area contributed by atoms with Crippen molar-refractivity contribution in [2.75, 3.05) is 11.3 Å². The van der Waals surface area contributed by atoms with Crippen LogP contribution in [-0.2, 0) is 15.1 Å². The molecule has 2 rings (SSSR count). The largest absolute Gasteiger partial charge is 0.280 e. The van der Waals surface area contributed by atoms with Crippen molar-refractivity contribution in [3.05, 3.63) is 65.7 Å². The van der Waals surface area contributed by atoms with Crippen molar-refractivity contribution in [1.82, 2.24) is 0 Å². The fraction of sp³-hybridized carbons (Fsp3) is 0.125. The van der Waals surface area contributed by atoms with Gasteiger partial charge in [0, 0.05) is 5.69 Å². The van der Waals surface area contributed by atoms with E-state index in [1.54, 1.807) is 54.6 Å². The normalized spacial score (nSPS) is 11.7. The third-order valence-corrected chi connectivity index (χ3v) is 4.27. The first-order valence-electron chi connectivity index (χ1n) is 6.45. The van der Waals surface area contributed by atoms with Gasteiger partial charge in [-0.3, -0.25) is 4.72 Å². The first-order chi connectivity index (χ1) is 10.0. The Labute approximate surface area is 124 Å². The maximum absolute atomic E-state index is 12.3. The molecular formula is C16H16NO3S. The molecule has 0 aromatic heterocycles. The van der Waals surface area contributed by atoms with Crippen molar-refractivity contribution in [3.63, 3.8) is 0 Å². The number of benzene rings is 2. The van der Waals surface area contributed by atoms with Crippen LogP contribution in [0.2, 0.25) is 0 Å². The molecule has 0 aliphatic rings. The van der Waals surface area contributed by atoms with E-state index in [0.29, 0.717) is 5.69 Å². The minimum absolute atomic E-state index is 0.216. The molecule has 0 saturated carbocycles. The second-order valence-electron chi connectivity index (χ2n) is 4.61. The number of hydrogen-bond acceptors (Lipinski definition) is 2. The maximum Gasteiger partial charge on any atom is 0.261 e. The highest BCUT2D eigenvalue weighted by atomic mass is 32.2. The molecule has 2 aromatic rings. The Morgan fingerprint density at radius 1 is 1.10 bits per heavy atom. The number of anilines is 1. The molecule has 0 heterocycles. The number of aryl methyl sites for hydroxylation is 1. The quantitative estimate of drug-likeness (QED) is 0.921. The zero-order chi connectivity index (χ0) is 15.3. The predicted molar refractivity (Wildman–Crippen MR) is 83.0 cm³/mol. The van der Waals surface area contributed by atoms with Crippen molar-refractivity contribution in [2.45, 2.75) is 11.8 Å². The van der Waals surface area contributed by atoms with Gasteiger partial charge < -0.3 is 0 Å². The first-order valence-corrected chi connectivity index (χ1v) is 7.94. The fourth-order valence-corrected chi connectivity index (χ4v) is 2.87. The summed E-state index contributed by atoms with van der Waals surface area (Å²) >= 11 is 0. The number of hydrogen-bond donors (Lipinski definition) is 1. The minimum atomic E-state index is -3.60. The Balaban J connectivity index is 2.24. The van der Waals surface area contributed by atoms with E-state index in [1.807, 2.05) is 6.92 Å². The third kappa shape index (κ3) is 4.18. The van der Waals surface area contributed by atoms with Gasteiger partial charge >= 0.3 is 0 Å². The molecule has 2 aromatic carbocycles. The standard InChI is InChI=1S/C16H16NO3S/c1-13-7-9-16(10-8-13)21(19,20)17-15-6-2-4-14(12-15)5-3-11-18/h2-10,12,17H,11H2,1H3/b5-3+. The zero-order valence-corrected chi connectivity index (χ0v) is 12.4. The summed E-state index contributed by atoms with van der Waals surface area (Å²) in [5, 5.41) is 10.4. The minimum Gasteiger partial charge on any atom is -0.280 e. The monoisotopic (exact) mass is 302 g/mol. The highest BCUT2D eigenvalue weighted by molar-refractivity contribution is 7.92. The van der Waals surface area contributed by atoms with Gasteiger partial charge in [0.1, 0.15) is 6.61 Å². The Morgan fingerprint density at radius 2 is 1.81 bits per heavy atom. The zero-order valence-electron chi connectivity index (χ0n) is 11.6. The van der Waals surface area contributed by atoms with Crippen molar-refractivity contribution in [3.8, 4) is 0 Å². The lowest BCUT2D eigenvalue weighted by atomic mass is 10.2. The second-order valence-corrected chi connectivity index (χ2v) is 6.30. The van der Waals surface area contributed by atoms with E-state index < -0.39 is 10.0 Å². The van der Waals surface area contributed by atoms with Crippen LogP contribution >= 0.6 is 0 Å². The van der Waals surface area contributed by atoms with Crippen molar-refractivity contribution >= 4 is 21.8 Å². The van der Waals surface area contributed by atoms with Gasteiger partial charge in [-0.1, -0.05) is 42.0 Å². The van der Waals surface area contributed by atoms with Gasteiger partial charge in [-0.25, -0.2) is 13.5 Å². The van der Waals surface area contributed by atoms with E-state index in [9.17, 15) is 13.5 Å². The predicted octanol–water partition coefficient (Wildman–Crippen LogP) is 3.24. The molecule has 1 N–H and O–H groups in total. The molecule has 109 valence electrons. The van der Waals surface area contributed by atoms with Gasteiger partial charge in [-0.15, -0.1) is 0 Å². The molecular weight excluding hydrogens is 286 g/mol. The fourth-order valence-electron chi connectivity index (χ4n) is 1.82. The van der Waals surface area contributed by atoms with Gasteiger partial charge in [0.2, 0.25) is 0 Å². The molecule has 5 heteroatoms. The topological polar surface area (TPSA) is 66.1 Å². The van der Waals surface area contributed by atoms with Crippen LogP contribution in [0, 0.1) is 6.92 Å². The van der Waals surface area contributed by atoms with Crippen LogP contribution in [-0.4, -0.2) is 15.0 Å². The van der Waals surface area contributed by atoms with Gasteiger partial charge in [0.25, 0.3) is 10.0 Å². The summed E-state index contributed by atoms with van der Waals surface area (Å²) in [6.07, 6.45) is 3.14. The lowest BCUT2D eigenvalue weighted by Crippen LogP contribution is -2.12. The van der Waals surface area contributed by atoms with Crippen molar-refractivity contribution in [1.29, 1.82) is 0 Å². The molecule has 0 spiro atoms. The number of nitrogens with one attached hydrogen (secondary N) is 1. The van der Waals surface area contributed by atoms with Crippen LogP contribution in [0.5, 0.6) is 0 Å². The van der Waals surface area contributed by atoms with E-state index in [0.717, 1.165) is 11.1 Å². The van der Waals surface area contributed by atoms with Gasteiger partial charge in [0.15, 0.2) is 0 Å². The molecule has 0 amide bonds. The lowest BCUT2D eigenvalue weighted by molar-refractivity contribution is 0.233. The van der Waals surface area contributed by atoms with Crippen LogP contribution in [0.15, 0.2) is 59.5 Å². The highest BCUT2D eigenvalue weighted by Crippen LogP contribution is 2.18. The first kappa shape index (κ1) is 15.3. The molecule has 0 unspecified atom stereocenters. The average Bonchev–Trinajstić information content (AvgIpc) is 2.45. The summed E-state index contributed by atoms with van der Waals surface area (Å²) in [6, 6.07) is 13.5. The maximum atomic E-state index is 12.3. The van der Waals surface area contributed by atoms with Crippen LogP contribution < -0.4 is 4.72 Å². The number of sulfonamides is 1. The molecule has 0 saturated heterocycles. The van der Waals surface area contributed by atoms with Gasteiger partial charge in [-0.05, 0) is 36.8 Å². The van der Waals surface area contributed by atoms with Crippen LogP contribution in [0.25, 0.3) is 6.08 Å². The van der Waals surface area contributed by atoms with E-state index >= 15 is 0 Å². The summed E-state index contributed by atoms with van der Waals surface area (Å²) in [5.74, 6) is 0. The molecule has 0 aliphatic carbocycles. The van der Waals surface area contributed by atoms with Crippen LogP contribution in [0.4, 0.5) is 5.69 Å². The van der Waals surface area contributed by atoms with Crippen LogP contribution in [0.1, 0.15) is 11.1 Å². The average molecular weight is 302 g/mol. The molecule has 0 bridgehead atoms. The number of rotatable bonds is 5. The van der Waals surface area contributed by atoms with E-state index in [4.69, 9.17) is 0 Å². The Bertz CT molecular complexity index is 734. The van der Waals surface area contributed by atoms with Crippen LogP contribution in [0.3, 0.4) is 0 Å². The Kier molecular flexibility index (Phi) is 4.77. The van der Waals surface area contributed by atoms with Gasteiger partial charge in [-0.2, -0.15) is 0 Å².